The van der Waals surface area contributed by atoms with Crippen molar-refractivity contribution >= 4 is 17.8 Å². The molecule has 1 saturated heterocycles. The lowest BCUT2D eigenvalue weighted by Gasteiger charge is -2.31. The SMILES string of the molecule is COC(=O)N1CCC(NC(=O)NCc2ccc(N(C)C)cc2)CC1. The van der Waals surface area contributed by atoms with Crippen LogP contribution in [-0.4, -0.2) is 57.4 Å². The largest absolute Gasteiger partial charge is 0.453 e. The number of hydrogen-bond donors (Lipinski definition) is 2. The fraction of sp³-hybridized carbons (Fsp3) is 0.529. The maximum Gasteiger partial charge on any atom is 0.409 e. The van der Waals surface area contributed by atoms with Crippen molar-refractivity contribution in [2.45, 2.75) is 25.4 Å². The van der Waals surface area contributed by atoms with Gasteiger partial charge in [-0.3, -0.25) is 0 Å². The fourth-order valence-corrected chi connectivity index (χ4v) is 2.67. The van der Waals surface area contributed by atoms with Crippen molar-refractivity contribution in [1.82, 2.24) is 15.5 Å². The zero-order chi connectivity index (χ0) is 17.5. The Morgan fingerprint density at radius 1 is 1.21 bits per heavy atom. The molecule has 24 heavy (non-hydrogen) atoms. The van der Waals surface area contributed by atoms with Crippen molar-refractivity contribution in [2.75, 3.05) is 39.2 Å². The Bertz CT molecular complexity index is 551. The second-order valence-electron chi connectivity index (χ2n) is 6.12. The molecule has 2 rings (SSSR count). The van der Waals surface area contributed by atoms with E-state index in [1.807, 2.05) is 43.3 Å². The van der Waals surface area contributed by atoms with Crippen LogP contribution in [0.1, 0.15) is 18.4 Å². The van der Waals surface area contributed by atoms with Crippen LogP contribution in [0.3, 0.4) is 0 Å². The van der Waals surface area contributed by atoms with Crippen LogP contribution >= 0.6 is 0 Å². The molecule has 2 N–H and O–H groups in total. The van der Waals surface area contributed by atoms with Gasteiger partial charge in [-0.05, 0) is 30.5 Å². The van der Waals surface area contributed by atoms with Crippen LogP contribution in [0.2, 0.25) is 0 Å². The molecule has 0 atom stereocenters. The highest BCUT2D eigenvalue weighted by Crippen LogP contribution is 2.13. The first kappa shape index (κ1) is 17.9. The number of methoxy groups -OCH3 is 1. The van der Waals surface area contributed by atoms with E-state index in [4.69, 9.17) is 4.74 Å². The molecule has 0 aromatic heterocycles. The summed E-state index contributed by atoms with van der Waals surface area (Å²) < 4.78 is 4.70. The Morgan fingerprint density at radius 2 is 1.83 bits per heavy atom. The van der Waals surface area contributed by atoms with E-state index in [1.165, 1.54) is 7.11 Å². The van der Waals surface area contributed by atoms with Gasteiger partial charge in [-0.25, -0.2) is 9.59 Å². The first-order chi connectivity index (χ1) is 11.5. The minimum absolute atomic E-state index is 0.0852. The summed E-state index contributed by atoms with van der Waals surface area (Å²) in [6.45, 7) is 1.69. The summed E-state index contributed by atoms with van der Waals surface area (Å²) in [6.07, 6.45) is 1.17. The molecule has 0 saturated carbocycles. The zero-order valence-electron chi connectivity index (χ0n) is 14.5. The summed E-state index contributed by atoms with van der Waals surface area (Å²) in [5, 5.41) is 5.83. The number of carbonyl (C=O) groups is 2. The maximum atomic E-state index is 12.0. The molecule has 7 heteroatoms. The van der Waals surface area contributed by atoms with Gasteiger partial charge in [0.05, 0.1) is 7.11 Å². The number of amides is 3. The molecule has 0 aliphatic carbocycles. The van der Waals surface area contributed by atoms with Crippen LogP contribution in [0, 0.1) is 0 Å². The average Bonchev–Trinajstić information content (AvgIpc) is 2.60. The number of nitrogens with zero attached hydrogens (tertiary/aromatic N) is 2. The molecular weight excluding hydrogens is 308 g/mol. The maximum absolute atomic E-state index is 12.0. The third kappa shape index (κ3) is 5.04. The molecule has 1 aliphatic heterocycles. The topological polar surface area (TPSA) is 73.9 Å². The van der Waals surface area contributed by atoms with Crippen molar-refractivity contribution in [1.29, 1.82) is 0 Å². The highest BCUT2D eigenvalue weighted by atomic mass is 16.5. The number of urea groups is 1. The van der Waals surface area contributed by atoms with Gasteiger partial charge >= 0.3 is 12.1 Å². The highest BCUT2D eigenvalue weighted by Gasteiger charge is 2.24. The second-order valence-corrected chi connectivity index (χ2v) is 6.12. The number of benzene rings is 1. The van der Waals surface area contributed by atoms with Gasteiger partial charge in [0.15, 0.2) is 0 Å². The molecule has 0 radical (unpaired) electrons. The molecule has 1 heterocycles. The molecule has 1 fully saturated rings. The van der Waals surface area contributed by atoms with Crippen LogP contribution in [0.25, 0.3) is 0 Å². The summed E-state index contributed by atoms with van der Waals surface area (Å²) in [7, 11) is 5.36. The third-order valence-electron chi connectivity index (χ3n) is 4.17. The number of nitrogens with one attached hydrogen (secondary N) is 2. The van der Waals surface area contributed by atoms with Crippen LogP contribution in [0.4, 0.5) is 15.3 Å². The Kier molecular flexibility index (Phi) is 6.28. The van der Waals surface area contributed by atoms with Gasteiger partial charge in [0.1, 0.15) is 0 Å². The number of hydrogen-bond acceptors (Lipinski definition) is 4. The van der Waals surface area contributed by atoms with Crippen LogP contribution in [-0.2, 0) is 11.3 Å². The van der Waals surface area contributed by atoms with E-state index in [9.17, 15) is 9.59 Å². The molecule has 1 aromatic carbocycles. The Hall–Kier alpha value is -2.44. The number of ether oxygens (including phenoxy) is 1. The Labute approximate surface area is 142 Å². The van der Waals surface area contributed by atoms with Crippen LogP contribution in [0.5, 0.6) is 0 Å². The number of carbonyl (C=O) groups excluding carboxylic acids is 2. The predicted molar refractivity (Wildman–Crippen MR) is 93.1 cm³/mol. The summed E-state index contributed by atoms with van der Waals surface area (Å²) in [5.41, 5.74) is 2.18. The van der Waals surface area contributed by atoms with E-state index in [1.54, 1.807) is 4.90 Å². The quantitative estimate of drug-likeness (QED) is 0.880. The smallest absolute Gasteiger partial charge is 0.409 e. The second kappa shape index (κ2) is 8.42. The monoisotopic (exact) mass is 334 g/mol. The molecular formula is C17H26N4O3. The van der Waals surface area contributed by atoms with Crippen molar-refractivity contribution < 1.29 is 14.3 Å². The summed E-state index contributed by atoms with van der Waals surface area (Å²) >= 11 is 0. The molecule has 0 spiro atoms. The number of likely N-dealkylation sites (tertiary alicyclic amines) is 1. The number of anilines is 1. The summed E-state index contributed by atoms with van der Waals surface area (Å²) in [6, 6.07) is 7.97. The predicted octanol–water partition coefficient (Wildman–Crippen LogP) is 1.78. The fourth-order valence-electron chi connectivity index (χ4n) is 2.67. The van der Waals surface area contributed by atoms with E-state index in [2.05, 4.69) is 10.6 Å². The third-order valence-corrected chi connectivity index (χ3v) is 4.17. The van der Waals surface area contributed by atoms with Gasteiger partial charge < -0.3 is 25.2 Å². The molecule has 132 valence electrons. The van der Waals surface area contributed by atoms with Gasteiger partial charge in [0.2, 0.25) is 0 Å². The zero-order valence-corrected chi connectivity index (χ0v) is 14.5. The van der Waals surface area contributed by atoms with E-state index in [0.717, 1.165) is 24.1 Å². The minimum Gasteiger partial charge on any atom is -0.453 e. The molecule has 0 bridgehead atoms. The van der Waals surface area contributed by atoms with Crippen LogP contribution < -0.4 is 15.5 Å². The summed E-state index contributed by atoms with van der Waals surface area (Å²) in [5.74, 6) is 0. The lowest BCUT2D eigenvalue weighted by atomic mass is 10.1. The average molecular weight is 334 g/mol. The van der Waals surface area contributed by atoms with Gasteiger partial charge in [-0.15, -0.1) is 0 Å². The molecule has 1 aromatic rings. The molecule has 3 amide bonds. The van der Waals surface area contributed by atoms with Gasteiger partial charge in [0, 0.05) is 45.5 Å². The lowest BCUT2D eigenvalue weighted by molar-refractivity contribution is 0.110. The van der Waals surface area contributed by atoms with E-state index in [0.29, 0.717) is 19.6 Å². The molecule has 0 unspecified atom stereocenters. The first-order valence-corrected chi connectivity index (χ1v) is 8.13. The van der Waals surface area contributed by atoms with Crippen molar-refractivity contribution in [3.63, 3.8) is 0 Å². The molecule has 7 nitrogen and oxygen atoms in total. The van der Waals surface area contributed by atoms with E-state index >= 15 is 0 Å². The van der Waals surface area contributed by atoms with Crippen molar-refractivity contribution in [3.8, 4) is 0 Å². The van der Waals surface area contributed by atoms with E-state index < -0.39 is 0 Å². The van der Waals surface area contributed by atoms with Crippen molar-refractivity contribution in [3.05, 3.63) is 29.8 Å². The number of rotatable bonds is 4. The van der Waals surface area contributed by atoms with E-state index in [-0.39, 0.29) is 18.2 Å². The minimum atomic E-state index is -0.306. The Morgan fingerprint density at radius 3 is 2.38 bits per heavy atom. The van der Waals surface area contributed by atoms with Gasteiger partial charge in [-0.2, -0.15) is 0 Å². The molecule has 1 aliphatic rings. The summed E-state index contributed by atoms with van der Waals surface area (Å²) in [4.78, 5) is 27.1. The highest BCUT2D eigenvalue weighted by molar-refractivity contribution is 5.74. The standard InChI is InChI=1S/C17H26N4O3/c1-20(2)15-6-4-13(5-7-15)12-18-16(22)19-14-8-10-21(11-9-14)17(23)24-3/h4-7,14H,8-12H2,1-3H3,(H2,18,19,22). The Balaban J connectivity index is 1.71. The van der Waals surface area contributed by atoms with Gasteiger partial charge in [0.25, 0.3) is 0 Å². The number of piperidine rings is 1. The van der Waals surface area contributed by atoms with Crippen LogP contribution in [0.15, 0.2) is 24.3 Å². The lowest BCUT2D eigenvalue weighted by Crippen LogP contribution is -2.49. The van der Waals surface area contributed by atoms with Crippen molar-refractivity contribution in [2.24, 2.45) is 0 Å². The first-order valence-electron chi connectivity index (χ1n) is 8.13. The normalized spacial score (nSPS) is 14.9. The van der Waals surface area contributed by atoms with Gasteiger partial charge in [-0.1, -0.05) is 12.1 Å².